The first-order chi connectivity index (χ1) is 12.6. The van der Waals surface area contributed by atoms with Crippen LogP contribution in [-0.2, 0) is 4.79 Å². The molecule has 1 aromatic heterocycles. The monoisotopic (exact) mass is 374 g/mol. The van der Waals surface area contributed by atoms with Crippen LogP contribution in [0.5, 0.6) is 0 Å². The van der Waals surface area contributed by atoms with Gasteiger partial charge < -0.3 is 9.80 Å². The number of fused-ring (bicyclic) bond motifs is 1. The number of carbonyl (C=O) groups excluding carboxylic acids is 1. The number of benzene rings is 1. The van der Waals surface area contributed by atoms with Crippen LogP contribution in [0.2, 0.25) is 0 Å². The second-order valence-corrected chi connectivity index (χ2v) is 7.44. The van der Waals surface area contributed by atoms with Gasteiger partial charge >= 0.3 is 0 Å². The van der Waals surface area contributed by atoms with E-state index in [4.69, 9.17) is 0 Å². The van der Waals surface area contributed by atoms with Gasteiger partial charge in [0.1, 0.15) is 5.82 Å². The molecule has 2 aliphatic heterocycles. The molecule has 1 amide bonds. The quantitative estimate of drug-likeness (QED) is 0.767. The van der Waals surface area contributed by atoms with E-state index in [-0.39, 0.29) is 23.3 Å². The number of carbonyl (C=O) groups is 1. The molecule has 4 rings (SSSR count). The van der Waals surface area contributed by atoms with E-state index in [1.54, 1.807) is 16.7 Å². The van der Waals surface area contributed by atoms with Crippen molar-refractivity contribution in [3.8, 4) is 0 Å². The number of piperazine rings is 1. The number of nitrogens with zero attached hydrogens (tertiary/aromatic N) is 4. The van der Waals surface area contributed by atoms with Crippen molar-refractivity contribution in [2.75, 3.05) is 36.8 Å². The molecule has 0 spiro atoms. The highest BCUT2D eigenvalue weighted by atomic mass is 32.2. The van der Waals surface area contributed by atoms with Gasteiger partial charge in [-0.05, 0) is 24.3 Å². The van der Waals surface area contributed by atoms with Gasteiger partial charge in [0.25, 0.3) is 5.56 Å². The molecule has 3 heterocycles. The number of anilines is 1. The van der Waals surface area contributed by atoms with Crippen LogP contribution in [0.25, 0.3) is 0 Å². The molecule has 0 bridgehead atoms. The van der Waals surface area contributed by atoms with Gasteiger partial charge in [0, 0.05) is 56.3 Å². The normalized spacial score (nSPS) is 19.5. The van der Waals surface area contributed by atoms with Crippen molar-refractivity contribution in [3.63, 3.8) is 0 Å². The smallest absolute Gasteiger partial charge is 0.254 e. The Kier molecular flexibility index (Phi) is 4.67. The van der Waals surface area contributed by atoms with Gasteiger partial charge in [0.2, 0.25) is 5.91 Å². The largest absolute Gasteiger partial charge is 0.368 e. The molecule has 26 heavy (non-hydrogen) atoms. The van der Waals surface area contributed by atoms with Gasteiger partial charge in [-0.25, -0.2) is 9.37 Å². The van der Waals surface area contributed by atoms with Crippen LogP contribution >= 0.6 is 11.8 Å². The minimum atomic E-state index is -0.248. The molecule has 1 fully saturated rings. The summed E-state index contributed by atoms with van der Waals surface area (Å²) in [5.41, 5.74) is 0.871. The maximum absolute atomic E-state index is 13.0. The van der Waals surface area contributed by atoms with Crippen LogP contribution < -0.4 is 10.5 Å². The summed E-state index contributed by atoms with van der Waals surface area (Å²) < 4.78 is 14.7. The summed E-state index contributed by atoms with van der Waals surface area (Å²) in [5, 5.41) is 0.691. The maximum atomic E-state index is 13.0. The fourth-order valence-electron chi connectivity index (χ4n) is 3.44. The molecule has 0 saturated carbocycles. The van der Waals surface area contributed by atoms with Crippen molar-refractivity contribution >= 4 is 23.4 Å². The van der Waals surface area contributed by atoms with E-state index in [2.05, 4.69) is 9.88 Å². The Morgan fingerprint density at radius 2 is 1.88 bits per heavy atom. The molecule has 1 saturated heterocycles. The lowest BCUT2D eigenvalue weighted by Crippen LogP contribution is -2.49. The Balaban J connectivity index is 1.36. The highest BCUT2D eigenvalue weighted by molar-refractivity contribution is 7.99. The minimum absolute atomic E-state index is 0.0676. The highest BCUT2D eigenvalue weighted by Crippen LogP contribution is 2.32. The summed E-state index contributed by atoms with van der Waals surface area (Å²) in [6.45, 7) is 2.69. The number of hydrogen-bond acceptors (Lipinski definition) is 5. The molecule has 1 aromatic carbocycles. The van der Waals surface area contributed by atoms with Gasteiger partial charge in [-0.2, -0.15) is 0 Å². The summed E-state index contributed by atoms with van der Waals surface area (Å²) in [7, 11) is 0. The van der Waals surface area contributed by atoms with E-state index in [9.17, 15) is 14.0 Å². The first-order valence-corrected chi connectivity index (χ1v) is 9.59. The van der Waals surface area contributed by atoms with Crippen molar-refractivity contribution < 1.29 is 9.18 Å². The Labute approximate surface area is 154 Å². The van der Waals surface area contributed by atoms with Gasteiger partial charge in [0.15, 0.2) is 5.16 Å². The SMILES string of the molecule is O=C(CC1CSc2nccc(=O)n21)N1CCN(c2ccc(F)cc2)CC1. The Morgan fingerprint density at radius 1 is 1.15 bits per heavy atom. The lowest BCUT2D eigenvalue weighted by atomic mass is 10.2. The molecular formula is C18H19FN4O2S. The zero-order chi connectivity index (χ0) is 18.1. The number of aromatic nitrogens is 2. The summed E-state index contributed by atoms with van der Waals surface area (Å²) in [6, 6.07) is 7.74. The summed E-state index contributed by atoms with van der Waals surface area (Å²) >= 11 is 1.52. The van der Waals surface area contributed by atoms with Crippen molar-refractivity contribution in [1.29, 1.82) is 0 Å². The summed E-state index contributed by atoms with van der Waals surface area (Å²) in [4.78, 5) is 32.9. The summed E-state index contributed by atoms with van der Waals surface area (Å²) in [6.07, 6.45) is 1.84. The van der Waals surface area contributed by atoms with E-state index in [0.29, 0.717) is 30.4 Å². The van der Waals surface area contributed by atoms with Gasteiger partial charge in [0.05, 0.1) is 6.04 Å². The van der Waals surface area contributed by atoms with Crippen LogP contribution in [0, 0.1) is 5.82 Å². The molecule has 2 aromatic rings. The van der Waals surface area contributed by atoms with E-state index >= 15 is 0 Å². The number of rotatable bonds is 3. The van der Waals surface area contributed by atoms with Gasteiger partial charge in [-0.1, -0.05) is 11.8 Å². The zero-order valence-corrected chi connectivity index (χ0v) is 15.0. The molecule has 6 nitrogen and oxygen atoms in total. The predicted octanol–water partition coefficient (Wildman–Crippen LogP) is 1.77. The van der Waals surface area contributed by atoms with Gasteiger partial charge in [-0.15, -0.1) is 0 Å². The lowest BCUT2D eigenvalue weighted by Gasteiger charge is -2.36. The second kappa shape index (κ2) is 7.11. The fraction of sp³-hybridized carbons (Fsp3) is 0.389. The van der Waals surface area contributed by atoms with Crippen molar-refractivity contribution in [2.45, 2.75) is 17.6 Å². The number of thioether (sulfide) groups is 1. The van der Waals surface area contributed by atoms with Crippen LogP contribution in [0.4, 0.5) is 10.1 Å². The van der Waals surface area contributed by atoms with E-state index in [1.165, 1.54) is 36.2 Å². The third kappa shape index (κ3) is 3.33. The molecule has 0 aliphatic carbocycles. The molecule has 1 atom stereocenters. The molecule has 0 N–H and O–H groups in total. The topological polar surface area (TPSA) is 58.4 Å². The number of hydrogen-bond donors (Lipinski definition) is 0. The fourth-order valence-corrected chi connectivity index (χ4v) is 4.56. The molecule has 1 unspecified atom stereocenters. The molecule has 8 heteroatoms. The molecular weight excluding hydrogens is 355 g/mol. The average Bonchev–Trinajstić information content (AvgIpc) is 3.07. The van der Waals surface area contributed by atoms with Crippen LogP contribution in [0.3, 0.4) is 0 Å². The zero-order valence-electron chi connectivity index (χ0n) is 14.2. The average molecular weight is 374 g/mol. The minimum Gasteiger partial charge on any atom is -0.368 e. The third-order valence-corrected chi connectivity index (χ3v) is 5.96. The van der Waals surface area contributed by atoms with Crippen molar-refractivity contribution in [2.24, 2.45) is 0 Å². The Hall–Kier alpha value is -2.35. The maximum Gasteiger partial charge on any atom is 0.254 e. The number of halogens is 1. The van der Waals surface area contributed by atoms with Crippen LogP contribution in [-0.4, -0.2) is 52.3 Å². The van der Waals surface area contributed by atoms with E-state index < -0.39 is 0 Å². The van der Waals surface area contributed by atoms with Crippen molar-refractivity contribution in [3.05, 3.63) is 52.7 Å². The lowest BCUT2D eigenvalue weighted by molar-refractivity contribution is -0.132. The molecule has 136 valence electrons. The van der Waals surface area contributed by atoms with E-state index in [1.807, 2.05) is 4.90 Å². The standard InChI is InChI=1S/C18H19FN4O2S/c19-13-1-3-14(4-2-13)21-7-9-22(10-8-21)17(25)11-15-12-26-18-20-6-5-16(24)23(15)18/h1-6,15H,7-12H2. The summed E-state index contributed by atoms with van der Waals surface area (Å²) in [5.74, 6) is 0.521. The Bertz CT molecular complexity index is 862. The highest BCUT2D eigenvalue weighted by Gasteiger charge is 2.29. The third-order valence-electron chi connectivity index (χ3n) is 4.85. The number of amides is 1. The van der Waals surface area contributed by atoms with Crippen LogP contribution in [0.1, 0.15) is 12.5 Å². The Morgan fingerprint density at radius 3 is 2.62 bits per heavy atom. The molecule has 0 radical (unpaired) electrons. The van der Waals surface area contributed by atoms with E-state index in [0.717, 1.165) is 18.8 Å². The van der Waals surface area contributed by atoms with Crippen molar-refractivity contribution in [1.82, 2.24) is 14.5 Å². The van der Waals surface area contributed by atoms with Gasteiger partial charge in [-0.3, -0.25) is 14.2 Å². The molecule has 2 aliphatic rings. The predicted molar refractivity (Wildman–Crippen MR) is 98.1 cm³/mol. The first kappa shape index (κ1) is 17.1. The second-order valence-electron chi connectivity index (χ2n) is 6.45. The first-order valence-electron chi connectivity index (χ1n) is 8.60. The van der Waals surface area contributed by atoms with Crippen LogP contribution in [0.15, 0.2) is 46.5 Å².